The third-order valence-electron chi connectivity index (χ3n) is 4.66. The number of pyridine rings is 1. The van der Waals surface area contributed by atoms with Crippen LogP contribution in [-0.2, 0) is 24.4 Å². The van der Waals surface area contributed by atoms with Gasteiger partial charge in [-0.05, 0) is 47.5 Å². The Balaban J connectivity index is 1.67. The van der Waals surface area contributed by atoms with E-state index in [9.17, 15) is 4.79 Å². The van der Waals surface area contributed by atoms with E-state index in [0.717, 1.165) is 33.4 Å². The fraction of sp³-hybridized carbons (Fsp3) is 0.130. The molecule has 2 aromatic heterocycles. The van der Waals surface area contributed by atoms with Gasteiger partial charge in [0, 0.05) is 29.3 Å². The van der Waals surface area contributed by atoms with Crippen molar-refractivity contribution in [3.63, 3.8) is 0 Å². The number of aliphatic carboxylic acids is 1. The summed E-state index contributed by atoms with van der Waals surface area (Å²) in [6.07, 6.45) is 3.29. The van der Waals surface area contributed by atoms with Gasteiger partial charge in [0.2, 0.25) is 0 Å². The number of aromatic nitrogens is 1. The molecule has 2 heterocycles. The van der Waals surface area contributed by atoms with Gasteiger partial charge in [0.05, 0.1) is 18.4 Å². The summed E-state index contributed by atoms with van der Waals surface area (Å²) >= 11 is 0. The highest BCUT2D eigenvalue weighted by molar-refractivity contribution is 5.92. The molecule has 0 aliphatic carbocycles. The number of fused-ring (bicyclic) bond motifs is 1. The third-order valence-corrected chi connectivity index (χ3v) is 4.66. The SMILES string of the molecule is NCc1ccnc(-c2cc(COc3ccccc3CC(=O)O)cc3ccoc23)c1. The number of nitrogens with two attached hydrogens (primary N) is 1. The van der Waals surface area contributed by atoms with Crippen molar-refractivity contribution in [2.45, 2.75) is 19.6 Å². The van der Waals surface area contributed by atoms with Gasteiger partial charge >= 0.3 is 5.97 Å². The maximum Gasteiger partial charge on any atom is 0.307 e. The minimum atomic E-state index is -0.894. The van der Waals surface area contributed by atoms with Crippen LogP contribution in [0.15, 0.2) is 71.5 Å². The zero-order valence-electron chi connectivity index (χ0n) is 15.7. The highest BCUT2D eigenvalue weighted by Crippen LogP contribution is 2.31. The summed E-state index contributed by atoms with van der Waals surface area (Å²) in [5.74, 6) is -0.332. The van der Waals surface area contributed by atoms with Crippen LogP contribution in [0.2, 0.25) is 0 Å². The molecule has 0 aliphatic heterocycles. The van der Waals surface area contributed by atoms with E-state index in [0.29, 0.717) is 24.5 Å². The molecule has 0 unspecified atom stereocenters. The first-order valence-corrected chi connectivity index (χ1v) is 9.22. The molecular formula is C23H20N2O4. The van der Waals surface area contributed by atoms with Gasteiger partial charge in [0.25, 0.3) is 0 Å². The molecule has 4 rings (SSSR count). The van der Waals surface area contributed by atoms with Crippen LogP contribution in [0.4, 0.5) is 0 Å². The molecule has 6 heteroatoms. The molecule has 0 spiro atoms. The zero-order valence-corrected chi connectivity index (χ0v) is 15.7. The van der Waals surface area contributed by atoms with Gasteiger partial charge in [0.1, 0.15) is 17.9 Å². The Labute approximate surface area is 167 Å². The molecule has 146 valence electrons. The predicted molar refractivity (Wildman–Crippen MR) is 109 cm³/mol. The van der Waals surface area contributed by atoms with Crippen molar-refractivity contribution >= 4 is 16.9 Å². The largest absolute Gasteiger partial charge is 0.489 e. The molecule has 0 saturated carbocycles. The Morgan fingerprint density at radius 2 is 1.97 bits per heavy atom. The highest BCUT2D eigenvalue weighted by Gasteiger charge is 2.13. The van der Waals surface area contributed by atoms with Crippen LogP contribution in [0.3, 0.4) is 0 Å². The summed E-state index contributed by atoms with van der Waals surface area (Å²) in [4.78, 5) is 15.6. The van der Waals surface area contributed by atoms with E-state index in [2.05, 4.69) is 4.98 Å². The number of para-hydroxylation sites is 1. The Morgan fingerprint density at radius 3 is 2.79 bits per heavy atom. The van der Waals surface area contributed by atoms with Crippen molar-refractivity contribution in [2.75, 3.05) is 0 Å². The van der Waals surface area contributed by atoms with Crippen LogP contribution >= 0.6 is 0 Å². The van der Waals surface area contributed by atoms with Crippen molar-refractivity contribution in [3.8, 4) is 17.0 Å². The standard InChI is InChI=1S/C23H20N2O4/c24-13-15-5-7-25-20(11-15)19-10-16(9-18-6-8-28-23(18)19)14-29-21-4-2-1-3-17(21)12-22(26)27/h1-11H,12-14,24H2,(H,26,27). The molecule has 6 nitrogen and oxygen atoms in total. The van der Waals surface area contributed by atoms with E-state index in [4.69, 9.17) is 20.0 Å². The second-order valence-electron chi connectivity index (χ2n) is 6.70. The van der Waals surface area contributed by atoms with E-state index in [-0.39, 0.29) is 6.42 Å². The number of carboxylic acids is 1. The number of carbonyl (C=O) groups is 1. The van der Waals surface area contributed by atoms with Crippen LogP contribution in [0, 0.1) is 0 Å². The van der Waals surface area contributed by atoms with E-state index >= 15 is 0 Å². The average Bonchev–Trinajstić information content (AvgIpc) is 3.21. The van der Waals surface area contributed by atoms with Crippen molar-refractivity contribution in [1.82, 2.24) is 4.98 Å². The van der Waals surface area contributed by atoms with Crippen molar-refractivity contribution in [1.29, 1.82) is 0 Å². The van der Waals surface area contributed by atoms with Crippen LogP contribution in [0.25, 0.3) is 22.2 Å². The molecule has 0 amide bonds. The lowest BCUT2D eigenvalue weighted by atomic mass is 10.0. The highest BCUT2D eigenvalue weighted by atomic mass is 16.5. The maximum atomic E-state index is 11.1. The molecule has 4 aromatic rings. The molecule has 0 atom stereocenters. The summed E-state index contributed by atoms with van der Waals surface area (Å²) in [6.45, 7) is 0.724. The summed E-state index contributed by atoms with van der Waals surface area (Å²) in [5.41, 5.74) is 10.7. The fourth-order valence-corrected chi connectivity index (χ4v) is 3.28. The quantitative estimate of drug-likeness (QED) is 0.493. The van der Waals surface area contributed by atoms with Gasteiger partial charge in [0.15, 0.2) is 0 Å². The van der Waals surface area contributed by atoms with E-state index in [1.54, 1.807) is 30.7 Å². The number of rotatable bonds is 7. The lowest BCUT2D eigenvalue weighted by molar-refractivity contribution is -0.136. The van der Waals surface area contributed by atoms with Crippen LogP contribution in [0.5, 0.6) is 5.75 Å². The molecule has 0 aliphatic rings. The third kappa shape index (κ3) is 4.12. The lowest BCUT2D eigenvalue weighted by Crippen LogP contribution is -2.04. The Bertz CT molecular complexity index is 1170. The first-order valence-electron chi connectivity index (χ1n) is 9.22. The van der Waals surface area contributed by atoms with Gasteiger partial charge in [-0.15, -0.1) is 0 Å². The van der Waals surface area contributed by atoms with Gasteiger partial charge < -0.3 is 20.0 Å². The second kappa shape index (κ2) is 8.16. The lowest BCUT2D eigenvalue weighted by Gasteiger charge is -2.12. The normalized spacial score (nSPS) is 10.9. The van der Waals surface area contributed by atoms with Crippen LogP contribution < -0.4 is 10.5 Å². The number of carboxylic acid groups (broad SMARTS) is 1. The van der Waals surface area contributed by atoms with Gasteiger partial charge in [-0.25, -0.2) is 0 Å². The van der Waals surface area contributed by atoms with Gasteiger partial charge in [-0.3, -0.25) is 9.78 Å². The summed E-state index contributed by atoms with van der Waals surface area (Å²) in [7, 11) is 0. The molecule has 0 bridgehead atoms. The number of furan rings is 1. The summed E-state index contributed by atoms with van der Waals surface area (Å²) in [5, 5.41) is 10.0. The van der Waals surface area contributed by atoms with Crippen molar-refractivity contribution < 1.29 is 19.1 Å². The molecule has 0 fully saturated rings. The maximum absolute atomic E-state index is 11.1. The number of hydrogen-bond donors (Lipinski definition) is 2. The van der Waals surface area contributed by atoms with E-state index < -0.39 is 5.97 Å². The first kappa shape index (κ1) is 18.7. The van der Waals surface area contributed by atoms with E-state index in [1.807, 2.05) is 36.4 Å². The fourth-order valence-electron chi connectivity index (χ4n) is 3.28. The topological polar surface area (TPSA) is 98.6 Å². The second-order valence-corrected chi connectivity index (χ2v) is 6.70. The minimum Gasteiger partial charge on any atom is -0.489 e. The van der Waals surface area contributed by atoms with E-state index in [1.165, 1.54) is 0 Å². The number of hydrogen-bond acceptors (Lipinski definition) is 5. The molecule has 29 heavy (non-hydrogen) atoms. The zero-order chi connectivity index (χ0) is 20.2. The summed E-state index contributed by atoms with van der Waals surface area (Å²) < 4.78 is 11.6. The van der Waals surface area contributed by atoms with Gasteiger partial charge in [-0.1, -0.05) is 18.2 Å². The monoisotopic (exact) mass is 388 g/mol. The smallest absolute Gasteiger partial charge is 0.307 e. The number of nitrogens with zero attached hydrogens (tertiary/aromatic N) is 1. The molecule has 3 N–H and O–H groups in total. The Hall–Kier alpha value is -3.64. The minimum absolute atomic E-state index is 0.0853. The predicted octanol–water partition coefficient (Wildman–Crippen LogP) is 4.16. The Morgan fingerprint density at radius 1 is 1.10 bits per heavy atom. The van der Waals surface area contributed by atoms with Crippen molar-refractivity contribution in [2.24, 2.45) is 5.73 Å². The number of ether oxygens (including phenoxy) is 1. The van der Waals surface area contributed by atoms with Crippen molar-refractivity contribution in [3.05, 3.63) is 83.7 Å². The first-order chi connectivity index (χ1) is 14.1. The molecule has 0 saturated heterocycles. The summed E-state index contributed by atoms with van der Waals surface area (Å²) in [6, 6.07) is 16.9. The number of benzene rings is 2. The average molecular weight is 388 g/mol. The van der Waals surface area contributed by atoms with Crippen LogP contribution in [0.1, 0.15) is 16.7 Å². The molecule has 2 aromatic carbocycles. The van der Waals surface area contributed by atoms with Gasteiger partial charge in [-0.2, -0.15) is 0 Å². The molecule has 0 radical (unpaired) electrons. The van der Waals surface area contributed by atoms with Crippen LogP contribution in [-0.4, -0.2) is 16.1 Å². The molecular weight excluding hydrogens is 368 g/mol. The Kier molecular flexibility index (Phi) is 5.27.